The summed E-state index contributed by atoms with van der Waals surface area (Å²) in [6.45, 7) is 0.268. The fourth-order valence-electron chi connectivity index (χ4n) is 4.96. The number of carboxylic acid groups (broad SMARTS) is 1. The second-order valence-corrected chi connectivity index (χ2v) is 10.7. The lowest BCUT2D eigenvalue weighted by Crippen LogP contribution is -2.18. The number of carboxylic acids is 1. The molecule has 1 fully saturated rings. The Kier molecular flexibility index (Phi) is 8.32. The molecule has 4 aromatic rings. The van der Waals surface area contributed by atoms with E-state index in [1.807, 2.05) is 0 Å². The van der Waals surface area contributed by atoms with E-state index >= 15 is 0 Å². The van der Waals surface area contributed by atoms with Crippen LogP contribution in [0.5, 0.6) is 5.75 Å². The van der Waals surface area contributed by atoms with Gasteiger partial charge in [-0.1, -0.05) is 31.4 Å². The minimum absolute atomic E-state index is 0.0817. The summed E-state index contributed by atoms with van der Waals surface area (Å²) in [5.74, 6) is -2.10. The van der Waals surface area contributed by atoms with Gasteiger partial charge in [-0.05, 0) is 48.2 Å². The lowest BCUT2D eigenvalue weighted by Gasteiger charge is -2.25. The molecule has 2 aromatic carbocycles. The van der Waals surface area contributed by atoms with Gasteiger partial charge in [0, 0.05) is 32.9 Å². The minimum atomic E-state index is -5.05. The van der Waals surface area contributed by atoms with Crippen molar-refractivity contribution in [2.45, 2.75) is 44.8 Å². The van der Waals surface area contributed by atoms with Crippen LogP contribution in [-0.4, -0.2) is 57.6 Å². The number of aromatic carboxylic acids is 1. The van der Waals surface area contributed by atoms with Crippen LogP contribution in [-0.2, 0) is 12.7 Å². The smallest absolute Gasteiger partial charge is 0.475 e. The fourth-order valence-corrected chi connectivity index (χ4v) is 4.96. The Morgan fingerprint density at radius 3 is 2.32 bits per heavy atom. The summed E-state index contributed by atoms with van der Waals surface area (Å²) >= 11 is 0. The van der Waals surface area contributed by atoms with E-state index < -0.39 is 35.6 Å². The van der Waals surface area contributed by atoms with E-state index in [-0.39, 0.29) is 34.9 Å². The van der Waals surface area contributed by atoms with Crippen molar-refractivity contribution in [3.05, 3.63) is 59.4 Å². The lowest BCUT2D eigenvalue weighted by molar-refractivity contribution is -0.274. The first kappa shape index (κ1) is 30.9. The molecule has 0 radical (unpaired) electrons. The van der Waals surface area contributed by atoms with Gasteiger partial charge in [-0.15, -0.1) is 13.2 Å². The Hall–Kier alpha value is -4.56. The second-order valence-electron chi connectivity index (χ2n) is 10.7. The molecule has 1 aliphatic carbocycles. The Balaban J connectivity index is 1.72. The number of hydrogen-bond acceptors (Lipinski definition) is 7. The van der Waals surface area contributed by atoms with Gasteiger partial charge in [0.05, 0.1) is 11.1 Å². The van der Waals surface area contributed by atoms with Gasteiger partial charge in [0.25, 0.3) is 0 Å². The second kappa shape index (κ2) is 11.8. The van der Waals surface area contributed by atoms with Crippen molar-refractivity contribution >= 4 is 28.6 Å². The quantitative estimate of drug-likeness (QED) is 0.186. The molecular weight excluding hydrogens is 594 g/mol. The van der Waals surface area contributed by atoms with E-state index in [4.69, 9.17) is 0 Å². The minimum Gasteiger partial charge on any atom is -0.475 e. The van der Waals surface area contributed by atoms with Gasteiger partial charge in [0.1, 0.15) is 17.1 Å². The highest BCUT2D eigenvalue weighted by Crippen LogP contribution is 2.39. The number of hydrogen-bond donors (Lipinski definition) is 2. The van der Waals surface area contributed by atoms with Crippen LogP contribution in [0.3, 0.4) is 0 Å². The van der Waals surface area contributed by atoms with Gasteiger partial charge in [-0.25, -0.2) is 19.7 Å². The number of anilines is 2. The van der Waals surface area contributed by atoms with Gasteiger partial charge in [-0.2, -0.15) is 13.2 Å². The fraction of sp³-hybridized carbons (Fsp3) is 0.379. The SMILES string of the molecule is CN(C)c1ccc(OC(F)(F)F)c(-c2nc3nc(C(=O)O)nc(NCCC4CCC4)c3n2Cc2ccc(C(F)(F)F)cc2)c1. The van der Waals surface area contributed by atoms with Crippen LogP contribution < -0.4 is 15.0 Å². The Morgan fingerprint density at radius 2 is 1.75 bits per heavy atom. The van der Waals surface area contributed by atoms with Gasteiger partial charge in [0.15, 0.2) is 11.5 Å². The van der Waals surface area contributed by atoms with Crippen molar-refractivity contribution in [2.75, 3.05) is 30.9 Å². The molecule has 15 heteroatoms. The van der Waals surface area contributed by atoms with Crippen LogP contribution in [0.4, 0.5) is 37.8 Å². The number of aromatic nitrogens is 4. The molecular formula is C29H28F6N6O3. The lowest BCUT2D eigenvalue weighted by atomic mass is 9.83. The molecule has 0 bridgehead atoms. The van der Waals surface area contributed by atoms with Crippen molar-refractivity contribution in [3.8, 4) is 17.1 Å². The van der Waals surface area contributed by atoms with Gasteiger partial charge >= 0.3 is 18.5 Å². The monoisotopic (exact) mass is 622 g/mol. The molecule has 1 aliphatic rings. The van der Waals surface area contributed by atoms with Crippen molar-refractivity contribution < 1.29 is 41.0 Å². The van der Waals surface area contributed by atoms with Crippen LogP contribution in [0.15, 0.2) is 42.5 Å². The molecule has 0 saturated heterocycles. The molecule has 0 aliphatic heterocycles. The van der Waals surface area contributed by atoms with E-state index in [9.17, 15) is 36.2 Å². The summed E-state index contributed by atoms with van der Waals surface area (Å²) in [5, 5.41) is 12.8. The summed E-state index contributed by atoms with van der Waals surface area (Å²) in [5.41, 5.74) is -0.0624. The maximum atomic E-state index is 13.5. The van der Waals surface area contributed by atoms with Gasteiger partial charge < -0.3 is 24.6 Å². The molecule has 2 aromatic heterocycles. The third kappa shape index (κ3) is 6.81. The Labute approximate surface area is 247 Å². The summed E-state index contributed by atoms with van der Waals surface area (Å²) in [4.78, 5) is 26.2. The maximum absolute atomic E-state index is 13.5. The highest BCUT2D eigenvalue weighted by molar-refractivity contribution is 5.92. The van der Waals surface area contributed by atoms with Crippen molar-refractivity contribution in [1.29, 1.82) is 0 Å². The summed E-state index contributed by atoms with van der Waals surface area (Å²) in [6.07, 6.45) is -5.57. The van der Waals surface area contributed by atoms with E-state index in [1.54, 1.807) is 19.0 Å². The van der Waals surface area contributed by atoms with Crippen LogP contribution >= 0.6 is 0 Å². The van der Waals surface area contributed by atoms with Crippen LogP contribution in [0, 0.1) is 5.92 Å². The third-order valence-corrected chi connectivity index (χ3v) is 7.43. The molecule has 234 valence electrons. The summed E-state index contributed by atoms with van der Waals surface area (Å²) < 4.78 is 85.9. The normalized spacial score (nSPS) is 14.0. The first-order chi connectivity index (χ1) is 20.7. The number of rotatable bonds is 10. The number of carbonyl (C=O) groups is 1. The number of halogens is 6. The Morgan fingerprint density at radius 1 is 1.05 bits per heavy atom. The average molecular weight is 623 g/mol. The predicted molar refractivity (Wildman–Crippen MR) is 150 cm³/mol. The predicted octanol–water partition coefficient (Wildman–Crippen LogP) is 6.83. The molecule has 2 N–H and O–H groups in total. The molecule has 0 unspecified atom stereocenters. The molecule has 0 spiro atoms. The van der Waals surface area contributed by atoms with Crippen LogP contribution in [0.2, 0.25) is 0 Å². The van der Waals surface area contributed by atoms with E-state index in [0.29, 0.717) is 23.7 Å². The molecule has 5 rings (SSSR count). The largest absolute Gasteiger partial charge is 0.573 e. The number of ether oxygens (including phenoxy) is 1. The number of imidazole rings is 1. The number of nitrogens with zero attached hydrogens (tertiary/aromatic N) is 5. The zero-order valence-corrected chi connectivity index (χ0v) is 23.6. The Bertz CT molecular complexity index is 1660. The molecule has 2 heterocycles. The van der Waals surface area contributed by atoms with E-state index in [2.05, 4.69) is 25.0 Å². The standard InChI is InChI=1S/C29H28F6N6O3/c1-40(2)19-10-11-21(44-29(33,34)35)20(14-19)26-39-24-22(41(26)15-17-6-8-18(9-7-17)28(30,31)32)23(37-25(38-24)27(42)43)36-13-12-16-4-3-5-16/h6-11,14,16H,3-5,12-13,15H2,1-2H3,(H,42,43)(H,36,37,38). The topological polar surface area (TPSA) is 105 Å². The first-order valence-corrected chi connectivity index (χ1v) is 13.7. The maximum Gasteiger partial charge on any atom is 0.573 e. The molecule has 0 amide bonds. The molecule has 9 nitrogen and oxygen atoms in total. The highest BCUT2D eigenvalue weighted by atomic mass is 19.4. The zero-order chi connectivity index (χ0) is 31.8. The van der Waals surface area contributed by atoms with E-state index in [1.165, 1.54) is 28.8 Å². The van der Waals surface area contributed by atoms with Crippen LogP contribution in [0.25, 0.3) is 22.6 Å². The van der Waals surface area contributed by atoms with Gasteiger partial charge in [0.2, 0.25) is 5.82 Å². The van der Waals surface area contributed by atoms with Crippen molar-refractivity contribution in [2.24, 2.45) is 5.92 Å². The molecule has 1 saturated carbocycles. The van der Waals surface area contributed by atoms with Crippen molar-refractivity contribution in [1.82, 2.24) is 19.5 Å². The zero-order valence-electron chi connectivity index (χ0n) is 23.6. The third-order valence-electron chi connectivity index (χ3n) is 7.43. The van der Waals surface area contributed by atoms with Gasteiger partial charge in [-0.3, -0.25) is 0 Å². The number of nitrogens with one attached hydrogen (secondary N) is 1. The van der Waals surface area contributed by atoms with E-state index in [0.717, 1.165) is 43.9 Å². The summed E-state index contributed by atoms with van der Waals surface area (Å²) in [7, 11) is 3.37. The highest BCUT2D eigenvalue weighted by Gasteiger charge is 2.34. The number of alkyl halides is 6. The number of fused-ring (bicyclic) bond motifs is 1. The summed E-state index contributed by atoms with van der Waals surface area (Å²) in [6, 6.07) is 8.26. The molecule has 0 atom stereocenters. The number of benzene rings is 2. The molecule has 44 heavy (non-hydrogen) atoms. The first-order valence-electron chi connectivity index (χ1n) is 13.7. The average Bonchev–Trinajstić information content (AvgIpc) is 3.27. The van der Waals surface area contributed by atoms with Crippen LogP contribution in [0.1, 0.15) is 47.4 Å². The van der Waals surface area contributed by atoms with Crippen molar-refractivity contribution in [3.63, 3.8) is 0 Å².